The van der Waals surface area contributed by atoms with Crippen LogP contribution in [-0.2, 0) is 4.79 Å². The Kier molecular flexibility index (Phi) is 5.12. The summed E-state index contributed by atoms with van der Waals surface area (Å²) in [6, 6.07) is 7.71. The van der Waals surface area contributed by atoms with Crippen LogP contribution < -0.4 is 5.32 Å². The SMILES string of the molecule is CC(=O)c1ccccc1NC(=O)CN(CC(C)C)C1CC1. The molecule has 0 unspecified atom stereocenters. The zero-order chi connectivity index (χ0) is 15.4. The maximum Gasteiger partial charge on any atom is 0.238 e. The van der Waals surface area contributed by atoms with Crippen molar-refractivity contribution in [2.75, 3.05) is 18.4 Å². The van der Waals surface area contributed by atoms with Gasteiger partial charge in [-0.3, -0.25) is 14.5 Å². The summed E-state index contributed by atoms with van der Waals surface area (Å²) in [5.74, 6) is 0.464. The van der Waals surface area contributed by atoms with Crippen molar-refractivity contribution < 1.29 is 9.59 Å². The molecule has 0 saturated heterocycles. The Balaban J connectivity index is 1.99. The van der Waals surface area contributed by atoms with Crippen LogP contribution in [0.3, 0.4) is 0 Å². The smallest absolute Gasteiger partial charge is 0.238 e. The topological polar surface area (TPSA) is 49.4 Å². The number of nitrogens with zero attached hydrogens (tertiary/aromatic N) is 1. The van der Waals surface area contributed by atoms with E-state index in [2.05, 4.69) is 24.1 Å². The van der Waals surface area contributed by atoms with Gasteiger partial charge in [0.2, 0.25) is 5.91 Å². The fraction of sp³-hybridized carbons (Fsp3) is 0.529. The number of anilines is 1. The molecule has 0 bridgehead atoms. The molecule has 1 aromatic carbocycles. The molecule has 1 aliphatic rings. The number of hydrogen-bond acceptors (Lipinski definition) is 3. The lowest BCUT2D eigenvalue weighted by molar-refractivity contribution is -0.117. The minimum Gasteiger partial charge on any atom is -0.324 e. The molecular formula is C17H24N2O2. The molecule has 0 atom stereocenters. The predicted molar refractivity (Wildman–Crippen MR) is 84.5 cm³/mol. The fourth-order valence-electron chi connectivity index (χ4n) is 2.52. The first-order valence-electron chi connectivity index (χ1n) is 7.61. The molecule has 0 spiro atoms. The number of para-hydroxylation sites is 1. The lowest BCUT2D eigenvalue weighted by Gasteiger charge is -2.23. The molecule has 114 valence electrons. The van der Waals surface area contributed by atoms with Crippen LogP contribution in [0, 0.1) is 5.92 Å². The van der Waals surface area contributed by atoms with Crippen molar-refractivity contribution in [1.82, 2.24) is 4.90 Å². The van der Waals surface area contributed by atoms with Crippen LogP contribution in [0.25, 0.3) is 0 Å². The maximum absolute atomic E-state index is 12.2. The number of ketones is 1. The van der Waals surface area contributed by atoms with Gasteiger partial charge < -0.3 is 5.32 Å². The molecule has 1 aromatic rings. The van der Waals surface area contributed by atoms with Gasteiger partial charge in [-0.05, 0) is 37.8 Å². The van der Waals surface area contributed by atoms with Crippen LogP contribution in [0.5, 0.6) is 0 Å². The van der Waals surface area contributed by atoms with Crippen LogP contribution in [0.15, 0.2) is 24.3 Å². The average Bonchev–Trinajstić information content (AvgIpc) is 3.21. The summed E-state index contributed by atoms with van der Waals surface area (Å²) in [5.41, 5.74) is 1.17. The van der Waals surface area contributed by atoms with E-state index < -0.39 is 0 Å². The van der Waals surface area contributed by atoms with Gasteiger partial charge in [0, 0.05) is 18.2 Å². The predicted octanol–water partition coefficient (Wildman–Crippen LogP) is 2.95. The fourth-order valence-corrected chi connectivity index (χ4v) is 2.52. The van der Waals surface area contributed by atoms with Gasteiger partial charge in [0.1, 0.15) is 0 Å². The molecule has 1 N–H and O–H groups in total. The largest absolute Gasteiger partial charge is 0.324 e. The number of amides is 1. The number of nitrogens with one attached hydrogen (secondary N) is 1. The third kappa shape index (κ3) is 4.67. The first-order valence-corrected chi connectivity index (χ1v) is 7.61. The second-order valence-corrected chi connectivity index (χ2v) is 6.20. The van der Waals surface area contributed by atoms with Crippen molar-refractivity contribution in [2.45, 2.75) is 39.7 Å². The minimum atomic E-state index is -0.0451. The van der Waals surface area contributed by atoms with Gasteiger partial charge in [0.25, 0.3) is 0 Å². The first-order chi connectivity index (χ1) is 9.97. The Morgan fingerprint density at radius 3 is 2.52 bits per heavy atom. The number of hydrogen-bond donors (Lipinski definition) is 1. The number of Topliss-reactive ketones (excluding diaryl/α,β-unsaturated/α-hetero) is 1. The molecule has 1 amide bonds. The summed E-state index contributed by atoms with van der Waals surface area (Å²) in [6.45, 7) is 7.18. The summed E-state index contributed by atoms with van der Waals surface area (Å²) in [7, 11) is 0. The highest BCUT2D eigenvalue weighted by atomic mass is 16.2. The molecule has 4 heteroatoms. The molecule has 21 heavy (non-hydrogen) atoms. The molecule has 1 fully saturated rings. The normalized spacial score (nSPS) is 14.5. The number of carbonyl (C=O) groups is 2. The zero-order valence-electron chi connectivity index (χ0n) is 13.1. The van der Waals surface area contributed by atoms with E-state index in [4.69, 9.17) is 0 Å². The van der Waals surface area contributed by atoms with Crippen molar-refractivity contribution in [1.29, 1.82) is 0 Å². The molecule has 2 rings (SSSR count). The summed E-state index contributed by atoms with van der Waals surface area (Å²) in [6.07, 6.45) is 2.37. The lowest BCUT2D eigenvalue weighted by atomic mass is 10.1. The maximum atomic E-state index is 12.2. The molecule has 1 saturated carbocycles. The molecule has 4 nitrogen and oxygen atoms in total. The van der Waals surface area contributed by atoms with Crippen LogP contribution in [0.2, 0.25) is 0 Å². The van der Waals surface area contributed by atoms with E-state index in [1.165, 1.54) is 19.8 Å². The van der Waals surface area contributed by atoms with Crippen molar-refractivity contribution in [3.63, 3.8) is 0 Å². The van der Waals surface area contributed by atoms with Gasteiger partial charge >= 0.3 is 0 Å². The van der Waals surface area contributed by atoms with E-state index in [1.54, 1.807) is 12.1 Å². The minimum absolute atomic E-state index is 0.0351. The van der Waals surface area contributed by atoms with Crippen LogP contribution in [0.1, 0.15) is 44.0 Å². The number of benzene rings is 1. The molecular weight excluding hydrogens is 264 g/mol. The molecule has 0 aromatic heterocycles. The summed E-state index contributed by atoms with van der Waals surface area (Å²) in [5, 5.41) is 2.88. The highest BCUT2D eigenvalue weighted by Crippen LogP contribution is 2.27. The van der Waals surface area contributed by atoms with Gasteiger partial charge in [-0.1, -0.05) is 26.0 Å². The van der Waals surface area contributed by atoms with E-state index in [0.717, 1.165) is 6.54 Å². The van der Waals surface area contributed by atoms with Crippen molar-refractivity contribution in [3.8, 4) is 0 Å². The number of rotatable bonds is 7. The second-order valence-electron chi connectivity index (χ2n) is 6.20. The Bertz CT molecular complexity index is 521. The quantitative estimate of drug-likeness (QED) is 0.785. The van der Waals surface area contributed by atoms with Gasteiger partial charge in [-0.2, -0.15) is 0 Å². The van der Waals surface area contributed by atoms with Crippen molar-refractivity contribution >= 4 is 17.4 Å². The molecule has 1 aliphatic carbocycles. The van der Waals surface area contributed by atoms with Gasteiger partial charge in [-0.25, -0.2) is 0 Å². The first kappa shape index (κ1) is 15.7. The highest BCUT2D eigenvalue weighted by molar-refractivity contribution is 6.04. The Hall–Kier alpha value is -1.68. The van der Waals surface area contributed by atoms with E-state index in [-0.39, 0.29) is 11.7 Å². The molecule has 0 heterocycles. The van der Waals surface area contributed by atoms with Gasteiger partial charge in [0.15, 0.2) is 5.78 Å². The van der Waals surface area contributed by atoms with Crippen LogP contribution in [-0.4, -0.2) is 35.7 Å². The summed E-state index contributed by atoms with van der Waals surface area (Å²) in [4.78, 5) is 26.1. The Morgan fingerprint density at radius 1 is 1.29 bits per heavy atom. The summed E-state index contributed by atoms with van der Waals surface area (Å²) < 4.78 is 0. The lowest BCUT2D eigenvalue weighted by Crippen LogP contribution is -2.37. The van der Waals surface area contributed by atoms with E-state index >= 15 is 0 Å². The van der Waals surface area contributed by atoms with Gasteiger partial charge in [0.05, 0.1) is 12.2 Å². The molecule has 0 radical (unpaired) electrons. The van der Waals surface area contributed by atoms with Crippen molar-refractivity contribution in [3.05, 3.63) is 29.8 Å². The summed E-state index contributed by atoms with van der Waals surface area (Å²) >= 11 is 0. The second kappa shape index (κ2) is 6.85. The van der Waals surface area contributed by atoms with Gasteiger partial charge in [-0.15, -0.1) is 0 Å². The van der Waals surface area contributed by atoms with E-state index in [9.17, 15) is 9.59 Å². The van der Waals surface area contributed by atoms with E-state index in [1.807, 2.05) is 12.1 Å². The number of carbonyl (C=O) groups excluding carboxylic acids is 2. The third-order valence-corrected chi connectivity index (χ3v) is 3.59. The highest BCUT2D eigenvalue weighted by Gasteiger charge is 2.30. The third-order valence-electron chi connectivity index (χ3n) is 3.59. The standard InChI is InChI=1S/C17H24N2O2/c1-12(2)10-19(14-8-9-14)11-17(21)18-16-7-5-4-6-15(16)13(3)20/h4-7,12,14H,8-11H2,1-3H3,(H,18,21). The van der Waals surface area contributed by atoms with Crippen LogP contribution >= 0.6 is 0 Å². The monoisotopic (exact) mass is 288 g/mol. The zero-order valence-corrected chi connectivity index (χ0v) is 13.1. The van der Waals surface area contributed by atoms with Crippen LogP contribution in [0.4, 0.5) is 5.69 Å². The Morgan fingerprint density at radius 2 is 1.95 bits per heavy atom. The average molecular weight is 288 g/mol. The Labute approximate surface area is 126 Å². The molecule has 0 aliphatic heterocycles. The van der Waals surface area contributed by atoms with E-state index in [0.29, 0.717) is 29.8 Å². The van der Waals surface area contributed by atoms with Crippen molar-refractivity contribution in [2.24, 2.45) is 5.92 Å².